The molecule has 1 aromatic rings. The average Bonchev–Trinajstić information content (AvgIpc) is 2.95. The number of amides is 1. The predicted molar refractivity (Wildman–Crippen MR) is 96.8 cm³/mol. The third-order valence-electron chi connectivity index (χ3n) is 6.63. The first kappa shape index (κ1) is 19.6. The summed E-state index contributed by atoms with van der Waals surface area (Å²) in [6, 6.07) is 4.05. The van der Waals surface area contributed by atoms with Gasteiger partial charge in [-0.15, -0.1) is 0 Å². The van der Waals surface area contributed by atoms with Gasteiger partial charge in [0.1, 0.15) is 5.75 Å². The molecule has 3 fully saturated rings. The van der Waals surface area contributed by atoms with Crippen LogP contribution >= 0.6 is 0 Å². The number of ether oxygens (including phenoxy) is 1. The van der Waals surface area contributed by atoms with Crippen LogP contribution in [0.3, 0.4) is 0 Å². The monoisotopic (exact) mass is 397 g/mol. The van der Waals surface area contributed by atoms with E-state index in [1.165, 1.54) is 13.0 Å². The first-order chi connectivity index (χ1) is 13.0. The summed E-state index contributed by atoms with van der Waals surface area (Å²) in [6.45, 7) is 4.57. The molecular weight excluding hydrogens is 371 g/mol. The highest BCUT2D eigenvalue weighted by Crippen LogP contribution is 2.49. The van der Waals surface area contributed by atoms with Gasteiger partial charge in [-0.05, 0) is 58.1 Å². The molecule has 1 saturated heterocycles. The normalized spacial score (nSPS) is 31.4. The van der Waals surface area contributed by atoms with Crippen molar-refractivity contribution < 1.29 is 27.8 Å². The second-order valence-corrected chi connectivity index (χ2v) is 9.21. The van der Waals surface area contributed by atoms with Crippen LogP contribution in [0.1, 0.15) is 50.2 Å². The maximum absolute atomic E-state index is 13.1. The van der Waals surface area contributed by atoms with Crippen LogP contribution in [-0.2, 0) is 11.0 Å². The third-order valence-corrected chi connectivity index (χ3v) is 6.63. The van der Waals surface area contributed by atoms with Crippen molar-refractivity contribution in [2.24, 2.45) is 11.3 Å². The Hall–Kier alpha value is -1.76. The zero-order chi connectivity index (χ0) is 20.3. The molecule has 1 atom stereocenters. The first-order valence-electron chi connectivity index (χ1n) is 9.83. The van der Waals surface area contributed by atoms with E-state index in [0.29, 0.717) is 31.7 Å². The number of benzene rings is 1. The number of carbonyl (C=O) groups excluding carboxylic acids is 1. The second kappa shape index (κ2) is 6.37. The van der Waals surface area contributed by atoms with Crippen molar-refractivity contribution in [2.45, 2.75) is 63.8 Å². The van der Waals surface area contributed by atoms with E-state index in [0.717, 1.165) is 25.3 Å². The molecule has 1 aromatic carbocycles. The van der Waals surface area contributed by atoms with Crippen LogP contribution in [0.4, 0.5) is 13.2 Å². The van der Waals surface area contributed by atoms with Gasteiger partial charge in [0, 0.05) is 30.0 Å². The summed E-state index contributed by atoms with van der Waals surface area (Å²) >= 11 is 0. The van der Waals surface area contributed by atoms with E-state index in [2.05, 4.69) is 0 Å². The van der Waals surface area contributed by atoms with E-state index in [9.17, 15) is 23.1 Å². The summed E-state index contributed by atoms with van der Waals surface area (Å²) < 4.78 is 45.2. The van der Waals surface area contributed by atoms with Crippen molar-refractivity contribution in [2.75, 3.05) is 13.1 Å². The minimum absolute atomic E-state index is 0.0299. The summed E-state index contributed by atoms with van der Waals surface area (Å²) in [5, 5.41) is 9.82. The van der Waals surface area contributed by atoms with Crippen LogP contribution in [0.25, 0.3) is 0 Å². The number of hydrogen-bond acceptors (Lipinski definition) is 3. The van der Waals surface area contributed by atoms with E-state index in [-0.39, 0.29) is 28.9 Å². The van der Waals surface area contributed by atoms with E-state index in [1.807, 2.05) is 4.90 Å². The van der Waals surface area contributed by atoms with E-state index < -0.39 is 17.3 Å². The Bertz CT molecular complexity index is 776. The molecule has 1 unspecified atom stereocenters. The Morgan fingerprint density at radius 2 is 1.93 bits per heavy atom. The molecule has 7 heteroatoms. The topological polar surface area (TPSA) is 49.8 Å². The zero-order valence-electron chi connectivity index (χ0n) is 16.2. The quantitative estimate of drug-likeness (QED) is 0.841. The van der Waals surface area contributed by atoms with Gasteiger partial charge in [0.25, 0.3) is 0 Å². The number of likely N-dealkylation sites (tertiary alicyclic amines) is 1. The molecule has 2 saturated carbocycles. The maximum atomic E-state index is 13.1. The molecular formula is C21H26F3NO3. The van der Waals surface area contributed by atoms with Gasteiger partial charge >= 0.3 is 6.18 Å². The fourth-order valence-corrected chi connectivity index (χ4v) is 5.12. The standard InChI is InChI=1S/C21H26F3NO3/c1-13-16(21(22,23)24)4-3-5-17(13)28-15-6-7-20(10-15)11-25(12-20)18(26)14-8-19(2,27)9-14/h3-5,14-15,27H,6-12H2,1-2H3. The molecule has 1 aliphatic heterocycles. The Labute approximate surface area is 162 Å². The summed E-state index contributed by atoms with van der Waals surface area (Å²) in [4.78, 5) is 14.3. The number of nitrogens with zero attached hydrogens (tertiary/aromatic N) is 1. The molecule has 154 valence electrons. The Balaban J connectivity index is 1.33. The number of halogens is 3. The Morgan fingerprint density at radius 3 is 2.54 bits per heavy atom. The molecule has 0 bridgehead atoms. The number of rotatable bonds is 3. The van der Waals surface area contributed by atoms with Gasteiger partial charge in [0.15, 0.2) is 0 Å². The molecule has 4 nitrogen and oxygen atoms in total. The average molecular weight is 397 g/mol. The van der Waals surface area contributed by atoms with Gasteiger partial charge in [-0.25, -0.2) is 0 Å². The highest BCUT2D eigenvalue weighted by Gasteiger charge is 2.53. The number of alkyl halides is 3. The van der Waals surface area contributed by atoms with Crippen LogP contribution in [0.15, 0.2) is 18.2 Å². The van der Waals surface area contributed by atoms with Crippen molar-refractivity contribution in [3.05, 3.63) is 29.3 Å². The first-order valence-corrected chi connectivity index (χ1v) is 9.83. The van der Waals surface area contributed by atoms with Crippen molar-refractivity contribution in [3.63, 3.8) is 0 Å². The predicted octanol–water partition coefficient (Wildman–Crippen LogP) is 3.93. The lowest BCUT2D eigenvalue weighted by atomic mass is 9.70. The van der Waals surface area contributed by atoms with E-state index >= 15 is 0 Å². The van der Waals surface area contributed by atoms with Gasteiger partial charge < -0.3 is 14.7 Å². The van der Waals surface area contributed by atoms with Gasteiger partial charge in [-0.2, -0.15) is 13.2 Å². The molecule has 1 heterocycles. The number of carbonyl (C=O) groups is 1. The maximum Gasteiger partial charge on any atom is 0.416 e. The number of aliphatic hydroxyl groups is 1. The van der Waals surface area contributed by atoms with Crippen molar-refractivity contribution in [1.29, 1.82) is 0 Å². The Kier molecular flexibility index (Phi) is 4.45. The number of hydrogen-bond donors (Lipinski definition) is 1. The van der Waals surface area contributed by atoms with E-state index in [1.54, 1.807) is 13.0 Å². The molecule has 1 amide bonds. The highest BCUT2D eigenvalue weighted by atomic mass is 19.4. The molecule has 3 aliphatic rings. The molecule has 2 aliphatic carbocycles. The molecule has 1 spiro atoms. The SMILES string of the molecule is Cc1c(OC2CCC3(C2)CN(C(=O)C2CC(C)(O)C2)C3)cccc1C(F)(F)F. The zero-order valence-corrected chi connectivity index (χ0v) is 16.2. The molecule has 4 rings (SSSR count). The minimum Gasteiger partial charge on any atom is -0.490 e. The summed E-state index contributed by atoms with van der Waals surface area (Å²) in [6.07, 6.45) is -0.997. The van der Waals surface area contributed by atoms with Gasteiger partial charge in [-0.3, -0.25) is 4.79 Å². The van der Waals surface area contributed by atoms with Gasteiger partial charge in [0.05, 0.1) is 17.3 Å². The molecule has 28 heavy (non-hydrogen) atoms. The smallest absolute Gasteiger partial charge is 0.416 e. The van der Waals surface area contributed by atoms with Crippen LogP contribution in [-0.4, -0.2) is 40.7 Å². The second-order valence-electron chi connectivity index (χ2n) is 9.21. The fraction of sp³-hybridized carbons (Fsp3) is 0.667. The van der Waals surface area contributed by atoms with Crippen LogP contribution < -0.4 is 4.74 Å². The van der Waals surface area contributed by atoms with Crippen molar-refractivity contribution in [1.82, 2.24) is 4.90 Å². The summed E-state index contributed by atoms with van der Waals surface area (Å²) in [5.74, 6) is 0.338. The van der Waals surface area contributed by atoms with E-state index in [4.69, 9.17) is 4.74 Å². The fourth-order valence-electron chi connectivity index (χ4n) is 5.12. The summed E-state index contributed by atoms with van der Waals surface area (Å²) in [7, 11) is 0. The van der Waals surface area contributed by atoms with Crippen LogP contribution in [0, 0.1) is 18.3 Å². The minimum atomic E-state index is -4.39. The van der Waals surface area contributed by atoms with Crippen molar-refractivity contribution in [3.8, 4) is 5.75 Å². The lowest BCUT2D eigenvalue weighted by molar-refractivity contribution is -0.161. The third kappa shape index (κ3) is 3.49. The largest absolute Gasteiger partial charge is 0.490 e. The lowest BCUT2D eigenvalue weighted by Crippen LogP contribution is -2.61. The molecule has 0 radical (unpaired) electrons. The summed E-state index contributed by atoms with van der Waals surface area (Å²) in [5.41, 5.74) is -1.21. The lowest BCUT2D eigenvalue weighted by Gasteiger charge is -2.51. The molecule has 0 aromatic heterocycles. The van der Waals surface area contributed by atoms with Crippen LogP contribution in [0.2, 0.25) is 0 Å². The van der Waals surface area contributed by atoms with Gasteiger partial charge in [0.2, 0.25) is 5.91 Å². The Morgan fingerprint density at radius 1 is 1.25 bits per heavy atom. The molecule has 1 N–H and O–H groups in total. The van der Waals surface area contributed by atoms with Crippen LogP contribution in [0.5, 0.6) is 5.75 Å². The highest BCUT2D eigenvalue weighted by molar-refractivity contribution is 5.81. The van der Waals surface area contributed by atoms with Gasteiger partial charge in [-0.1, -0.05) is 6.07 Å². The van der Waals surface area contributed by atoms with Crippen molar-refractivity contribution >= 4 is 5.91 Å².